The molecule has 1 amide bonds. The number of nitrogens with zero attached hydrogens (tertiary/aromatic N) is 1. The van der Waals surface area contributed by atoms with E-state index in [0.717, 1.165) is 22.6 Å². The van der Waals surface area contributed by atoms with E-state index in [0.29, 0.717) is 12.5 Å². The Morgan fingerprint density at radius 1 is 1.13 bits per heavy atom. The lowest BCUT2D eigenvalue weighted by molar-refractivity contribution is -0.120. The first kappa shape index (κ1) is 17.1. The van der Waals surface area contributed by atoms with E-state index in [4.69, 9.17) is 4.74 Å². The van der Waals surface area contributed by atoms with Gasteiger partial charge in [0.05, 0.1) is 0 Å². The standard InChI is InChI=1S/C20H25NO2/c1-5-21(17-10-8-9-16(4)13-17)20(22)14-23-19-12-7-6-11-18(19)15(2)3/h6-13,15H,5,14H2,1-4H3. The first-order valence-corrected chi connectivity index (χ1v) is 8.11. The number of likely N-dealkylation sites (N-methyl/N-ethyl adjacent to an activating group) is 1. The summed E-state index contributed by atoms with van der Waals surface area (Å²) in [4.78, 5) is 14.3. The van der Waals surface area contributed by atoms with E-state index in [9.17, 15) is 4.79 Å². The average Bonchev–Trinajstić information content (AvgIpc) is 2.54. The zero-order chi connectivity index (χ0) is 16.8. The van der Waals surface area contributed by atoms with Crippen molar-refractivity contribution in [2.24, 2.45) is 0 Å². The number of carbonyl (C=O) groups is 1. The first-order chi connectivity index (χ1) is 11.0. The summed E-state index contributed by atoms with van der Waals surface area (Å²) < 4.78 is 5.80. The summed E-state index contributed by atoms with van der Waals surface area (Å²) in [6.45, 7) is 8.91. The summed E-state index contributed by atoms with van der Waals surface area (Å²) in [6, 6.07) is 15.9. The van der Waals surface area contributed by atoms with Gasteiger partial charge in [0.1, 0.15) is 5.75 Å². The van der Waals surface area contributed by atoms with Crippen LogP contribution in [0.25, 0.3) is 0 Å². The predicted molar refractivity (Wildman–Crippen MR) is 95.2 cm³/mol. The molecule has 0 N–H and O–H groups in total. The second-order valence-corrected chi connectivity index (χ2v) is 5.96. The minimum Gasteiger partial charge on any atom is -0.483 e. The lowest BCUT2D eigenvalue weighted by atomic mass is 10.0. The zero-order valence-electron chi connectivity index (χ0n) is 14.4. The van der Waals surface area contributed by atoms with Crippen LogP contribution < -0.4 is 9.64 Å². The van der Waals surface area contributed by atoms with Gasteiger partial charge in [-0.25, -0.2) is 0 Å². The molecule has 2 aromatic rings. The number of benzene rings is 2. The van der Waals surface area contributed by atoms with Crippen LogP contribution in [0.15, 0.2) is 48.5 Å². The van der Waals surface area contributed by atoms with Crippen molar-refractivity contribution < 1.29 is 9.53 Å². The Bertz CT molecular complexity index is 664. The van der Waals surface area contributed by atoms with Crippen molar-refractivity contribution in [1.82, 2.24) is 0 Å². The SMILES string of the molecule is CCN(C(=O)COc1ccccc1C(C)C)c1cccc(C)c1. The molecule has 3 heteroatoms. The Morgan fingerprint density at radius 2 is 1.87 bits per heavy atom. The summed E-state index contributed by atoms with van der Waals surface area (Å²) in [5, 5.41) is 0. The summed E-state index contributed by atoms with van der Waals surface area (Å²) >= 11 is 0. The number of hydrogen-bond donors (Lipinski definition) is 0. The molecule has 0 saturated carbocycles. The summed E-state index contributed by atoms with van der Waals surface area (Å²) in [6.07, 6.45) is 0. The van der Waals surface area contributed by atoms with E-state index in [1.54, 1.807) is 4.90 Å². The van der Waals surface area contributed by atoms with E-state index in [1.807, 2.05) is 62.4 Å². The van der Waals surface area contributed by atoms with Crippen molar-refractivity contribution in [3.8, 4) is 5.75 Å². The van der Waals surface area contributed by atoms with Crippen molar-refractivity contribution in [3.05, 3.63) is 59.7 Å². The molecule has 0 spiro atoms. The van der Waals surface area contributed by atoms with Gasteiger partial charge in [-0.15, -0.1) is 0 Å². The van der Waals surface area contributed by atoms with Gasteiger partial charge in [0.15, 0.2) is 6.61 Å². The Kier molecular flexibility index (Phi) is 5.80. The average molecular weight is 311 g/mol. The van der Waals surface area contributed by atoms with Gasteiger partial charge in [0.2, 0.25) is 0 Å². The molecular formula is C20H25NO2. The fraction of sp³-hybridized carbons (Fsp3) is 0.350. The molecule has 2 rings (SSSR count). The van der Waals surface area contributed by atoms with Crippen molar-refractivity contribution in [1.29, 1.82) is 0 Å². The topological polar surface area (TPSA) is 29.5 Å². The first-order valence-electron chi connectivity index (χ1n) is 8.11. The second kappa shape index (κ2) is 7.82. The maximum atomic E-state index is 12.5. The van der Waals surface area contributed by atoms with Crippen molar-refractivity contribution >= 4 is 11.6 Å². The van der Waals surface area contributed by atoms with Gasteiger partial charge < -0.3 is 9.64 Å². The van der Waals surface area contributed by atoms with Crippen LogP contribution in [0.2, 0.25) is 0 Å². The molecule has 3 nitrogen and oxygen atoms in total. The summed E-state index contributed by atoms with van der Waals surface area (Å²) in [5.41, 5.74) is 3.18. The molecule has 0 saturated heterocycles. The van der Waals surface area contributed by atoms with Crippen LogP contribution in [-0.2, 0) is 4.79 Å². The van der Waals surface area contributed by atoms with Crippen LogP contribution in [0.4, 0.5) is 5.69 Å². The molecule has 0 aliphatic carbocycles. The fourth-order valence-corrected chi connectivity index (χ4v) is 2.61. The number of ether oxygens (including phenoxy) is 1. The number of para-hydroxylation sites is 1. The van der Waals surface area contributed by atoms with Crippen molar-refractivity contribution in [3.63, 3.8) is 0 Å². The second-order valence-electron chi connectivity index (χ2n) is 5.96. The molecule has 0 fully saturated rings. The number of carbonyl (C=O) groups excluding carboxylic acids is 1. The van der Waals surface area contributed by atoms with Gasteiger partial charge in [0, 0.05) is 12.2 Å². The van der Waals surface area contributed by atoms with Crippen LogP contribution in [0.5, 0.6) is 5.75 Å². The molecule has 0 unspecified atom stereocenters. The summed E-state index contributed by atoms with van der Waals surface area (Å²) in [5.74, 6) is 1.12. The van der Waals surface area contributed by atoms with Crippen LogP contribution in [-0.4, -0.2) is 19.1 Å². The third-order valence-electron chi connectivity index (χ3n) is 3.82. The van der Waals surface area contributed by atoms with Gasteiger partial charge in [-0.1, -0.05) is 44.2 Å². The van der Waals surface area contributed by atoms with E-state index in [1.165, 1.54) is 0 Å². The maximum Gasteiger partial charge on any atom is 0.264 e. The lowest BCUT2D eigenvalue weighted by Crippen LogP contribution is -2.34. The Morgan fingerprint density at radius 3 is 2.52 bits per heavy atom. The maximum absolute atomic E-state index is 12.5. The molecular weight excluding hydrogens is 286 g/mol. The lowest BCUT2D eigenvalue weighted by Gasteiger charge is -2.22. The zero-order valence-corrected chi connectivity index (χ0v) is 14.4. The highest BCUT2D eigenvalue weighted by atomic mass is 16.5. The smallest absolute Gasteiger partial charge is 0.264 e. The molecule has 0 radical (unpaired) electrons. The Hall–Kier alpha value is -2.29. The highest BCUT2D eigenvalue weighted by molar-refractivity contribution is 5.94. The van der Waals surface area contributed by atoms with Crippen LogP contribution >= 0.6 is 0 Å². The molecule has 0 bridgehead atoms. The number of anilines is 1. The Balaban J connectivity index is 2.09. The molecule has 0 heterocycles. The van der Waals surface area contributed by atoms with Crippen molar-refractivity contribution in [2.75, 3.05) is 18.1 Å². The van der Waals surface area contributed by atoms with Crippen LogP contribution in [0.1, 0.15) is 37.8 Å². The molecule has 23 heavy (non-hydrogen) atoms. The van der Waals surface area contributed by atoms with E-state index in [-0.39, 0.29) is 12.5 Å². The van der Waals surface area contributed by atoms with Gasteiger partial charge in [-0.2, -0.15) is 0 Å². The largest absolute Gasteiger partial charge is 0.483 e. The third kappa shape index (κ3) is 4.35. The highest BCUT2D eigenvalue weighted by Gasteiger charge is 2.16. The predicted octanol–water partition coefficient (Wildman–Crippen LogP) is 4.55. The molecule has 0 atom stereocenters. The third-order valence-corrected chi connectivity index (χ3v) is 3.82. The van der Waals surface area contributed by atoms with Crippen molar-refractivity contribution in [2.45, 2.75) is 33.6 Å². The normalized spacial score (nSPS) is 10.7. The molecule has 2 aromatic carbocycles. The molecule has 122 valence electrons. The van der Waals surface area contributed by atoms with Gasteiger partial charge in [-0.05, 0) is 49.1 Å². The monoisotopic (exact) mass is 311 g/mol. The van der Waals surface area contributed by atoms with Gasteiger partial charge >= 0.3 is 0 Å². The number of rotatable bonds is 6. The fourth-order valence-electron chi connectivity index (χ4n) is 2.61. The van der Waals surface area contributed by atoms with Crippen LogP contribution in [0, 0.1) is 6.92 Å². The van der Waals surface area contributed by atoms with Gasteiger partial charge in [0.25, 0.3) is 5.91 Å². The number of aryl methyl sites for hydroxylation is 1. The minimum absolute atomic E-state index is 0.0309. The molecule has 0 aliphatic rings. The number of amides is 1. The van der Waals surface area contributed by atoms with E-state index >= 15 is 0 Å². The summed E-state index contributed by atoms with van der Waals surface area (Å²) in [7, 11) is 0. The minimum atomic E-state index is -0.0309. The molecule has 0 aromatic heterocycles. The molecule has 0 aliphatic heterocycles. The van der Waals surface area contributed by atoms with Crippen LogP contribution in [0.3, 0.4) is 0 Å². The highest BCUT2D eigenvalue weighted by Crippen LogP contribution is 2.26. The Labute approximate surface area is 138 Å². The van der Waals surface area contributed by atoms with E-state index in [2.05, 4.69) is 13.8 Å². The number of hydrogen-bond acceptors (Lipinski definition) is 2. The van der Waals surface area contributed by atoms with Gasteiger partial charge in [-0.3, -0.25) is 4.79 Å². The van der Waals surface area contributed by atoms with E-state index < -0.39 is 0 Å². The quantitative estimate of drug-likeness (QED) is 0.783.